The first-order valence-corrected chi connectivity index (χ1v) is 11.1. The van der Waals surface area contributed by atoms with Crippen molar-refractivity contribution in [1.29, 1.82) is 0 Å². The summed E-state index contributed by atoms with van der Waals surface area (Å²) in [6, 6.07) is 16.6. The van der Waals surface area contributed by atoms with Crippen molar-refractivity contribution in [2.24, 2.45) is 4.99 Å². The van der Waals surface area contributed by atoms with Gasteiger partial charge in [0.25, 0.3) is 0 Å². The number of nitrogens with one attached hydrogen (secondary N) is 2. The number of benzene rings is 2. The molecule has 32 heavy (non-hydrogen) atoms. The number of rotatable bonds is 8. The van der Waals surface area contributed by atoms with Crippen LogP contribution in [0.5, 0.6) is 5.75 Å². The number of carbonyl (C=O) groups excluding carboxylic acids is 1. The molecule has 6 nitrogen and oxygen atoms in total. The zero-order valence-corrected chi connectivity index (χ0v) is 21.6. The molecule has 1 aliphatic heterocycles. The summed E-state index contributed by atoms with van der Waals surface area (Å²) in [4.78, 5) is 19.1. The van der Waals surface area contributed by atoms with E-state index < -0.39 is 0 Å². The number of fused-ring (bicyclic) bond motifs is 1. The van der Waals surface area contributed by atoms with Gasteiger partial charge in [-0.1, -0.05) is 43.3 Å². The van der Waals surface area contributed by atoms with Crippen LogP contribution in [0, 0.1) is 0 Å². The molecular formula is C25H35IN4O2. The lowest BCUT2D eigenvalue weighted by molar-refractivity contribution is -0.130. The molecule has 1 atom stereocenters. The van der Waals surface area contributed by atoms with Crippen molar-refractivity contribution >= 4 is 35.8 Å². The topological polar surface area (TPSA) is 66.0 Å². The van der Waals surface area contributed by atoms with Crippen LogP contribution in [0.3, 0.4) is 0 Å². The van der Waals surface area contributed by atoms with E-state index in [1.807, 2.05) is 30.0 Å². The third-order valence-corrected chi connectivity index (χ3v) is 5.75. The Kier molecular flexibility index (Phi) is 10.8. The molecule has 1 heterocycles. The van der Waals surface area contributed by atoms with Crippen molar-refractivity contribution in [1.82, 2.24) is 15.5 Å². The Hall–Kier alpha value is -2.29. The van der Waals surface area contributed by atoms with Crippen molar-refractivity contribution in [2.75, 3.05) is 33.3 Å². The van der Waals surface area contributed by atoms with Gasteiger partial charge in [0.2, 0.25) is 5.91 Å². The molecule has 7 heteroatoms. The number of ether oxygens (including phenoxy) is 1. The highest BCUT2D eigenvalue weighted by Gasteiger charge is 2.20. The standard InChI is InChI=1S/C25H34N4O2.HI/c1-4-26-25(27-15-13-19(2)20-9-11-23(31-3)12-10-20)28-17-24(30)29-16-14-21-7-5-6-8-22(21)18-29;/h5-12,19H,4,13-18H2,1-3H3,(H2,26,27,28);1H. The van der Waals surface area contributed by atoms with E-state index in [4.69, 9.17) is 4.74 Å². The van der Waals surface area contributed by atoms with Gasteiger partial charge in [0.05, 0.1) is 7.11 Å². The van der Waals surface area contributed by atoms with Crippen molar-refractivity contribution in [2.45, 2.75) is 39.2 Å². The second-order valence-corrected chi connectivity index (χ2v) is 7.92. The largest absolute Gasteiger partial charge is 0.497 e. The van der Waals surface area contributed by atoms with E-state index in [1.54, 1.807) is 7.11 Å². The number of amides is 1. The van der Waals surface area contributed by atoms with Crippen molar-refractivity contribution < 1.29 is 9.53 Å². The van der Waals surface area contributed by atoms with Crippen LogP contribution in [0.4, 0.5) is 0 Å². The first kappa shape index (κ1) is 26.0. The maximum Gasteiger partial charge on any atom is 0.244 e. The fourth-order valence-electron chi connectivity index (χ4n) is 3.80. The molecule has 0 saturated carbocycles. The summed E-state index contributed by atoms with van der Waals surface area (Å²) in [5.74, 6) is 2.04. The average Bonchev–Trinajstić information content (AvgIpc) is 2.82. The van der Waals surface area contributed by atoms with E-state index in [2.05, 4.69) is 52.9 Å². The molecule has 2 N–H and O–H groups in total. The van der Waals surface area contributed by atoms with Gasteiger partial charge in [-0.25, -0.2) is 4.99 Å². The first-order chi connectivity index (χ1) is 15.1. The molecule has 0 bridgehead atoms. The number of nitrogens with zero attached hydrogens (tertiary/aromatic N) is 2. The lowest BCUT2D eigenvalue weighted by atomic mass is 9.98. The number of hydrogen-bond acceptors (Lipinski definition) is 3. The van der Waals surface area contributed by atoms with Gasteiger partial charge in [-0.05, 0) is 54.5 Å². The Labute approximate surface area is 208 Å². The zero-order valence-electron chi connectivity index (χ0n) is 19.3. The molecule has 0 saturated heterocycles. The zero-order chi connectivity index (χ0) is 22.1. The molecule has 0 radical (unpaired) electrons. The number of halogens is 1. The van der Waals surface area contributed by atoms with Gasteiger partial charge in [-0.3, -0.25) is 4.79 Å². The molecule has 1 unspecified atom stereocenters. The molecule has 174 valence electrons. The minimum absolute atomic E-state index is 0. The highest BCUT2D eigenvalue weighted by Crippen LogP contribution is 2.21. The van der Waals surface area contributed by atoms with E-state index in [9.17, 15) is 4.79 Å². The Morgan fingerprint density at radius 3 is 2.53 bits per heavy atom. The van der Waals surface area contributed by atoms with Crippen LogP contribution in [0.25, 0.3) is 0 Å². The monoisotopic (exact) mass is 550 g/mol. The molecule has 2 aromatic rings. The number of carbonyl (C=O) groups is 1. The Bertz CT molecular complexity index is 886. The molecule has 0 spiro atoms. The minimum atomic E-state index is 0. The average molecular weight is 550 g/mol. The summed E-state index contributed by atoms with van der Waals surface area (Å²) in [5.41, 5.74) is 3.87. The number of hydrogen-bond donors (Lipinski definition) is 2. The van der Waals surface area contributed by atoms with Gasteiger partial charge < -0.3 is 20.3 Å². The fourth-order valence-corrected chi connectivity index (χ4v) is 3.80. The van der Waals surface area contributed by atoms with E-state index in [-0.39, 0.29) is 36.4 Å². The second-order valence-electron chi connectivity index (χ2n) is 7.92. The van der Waals surface area contributed by atoms with Crippen LogP contribution in [0.15, 0.2) is 53.5 Å². The normalized spacial score (nSPS) is 14.1. The highest BCUT2D eigenvalue weighted by atomic mass is 127. The summed E-state index contributed by atoms with van der Waals surface area (Å²) < 4.78 is 5.23. The number of aliphatic imine (C=N–C) groups is 1. The van der Waals surface area contributed by atoms with Crippen LogP contribution in [0.2, 0.25) is 0 Å². The number of guanidine groups is 1. The summed E-state index contributed by atoms with van der Waals surface area (Å²) in [7, 11) is 1.68. The Morgan fingerprint density at radius 1 is 1.12 bits per heavy atom. The molecule has 0 aliphatic carbocycles. The predicted molar refractivity (Wildman–Crippen MR) is 141 cm³/mol. The molecule has 0 fully saturated rings. The van der Waals surface area contributed by atoms with Crippen molar-refractivity contribution in [3.8, 4) is 5.75 Å². The first-order valence-electron chi connectivity index (χ1n) is 11.1. The predicted octanol–water partition coefficient (Wildman–Crippen LogP) is 3.95. The Morgan fingerprint density at radius 2 is 1.84 bits per heavy atom. The van der Waals surface area contributed by atoms with Gasteiger partial charge in [-0.15, -0.1) is 24.0 Å². The second kappa shape index (κ2) is 13.3. The van der Waals surface area contributed by atoms with Crippen molar-refractivity contribution in [3.05, 3.63) is 65.2 Å². The van der Waals surface area contributed by atoms with Gasteiger partial charge >= 0.3 is 0 Å². The minimum Gasteiger partial charge on any atom is -0.497 e. The quantitative estimate of drug-likeness (QED) is 0.297. The highest BCUT2D eigenvalue weighted by molar-refractivity contribution is 14.0. The van der Waals surface area contributed by atoms with Crippen LogP contribution in [0.1, 0.15) is 42.9 Å². The third-order valence-electron chi connectivity index (χ3n) is 5.75. The summed E-state index contributed by atoms with van der Waals surface area (Å²) >= 11 is 0. The Balaban J connectivity index is 0.00000363. The molecule has 1 aliphatic rings. The van der Waals surface area contributed by atoms with Gasteiger partial charge in [0.15, 0.2) is 5.96 Å². The maximum atomic E-state index is 12.7. The molecule has 3 rings (SSSR count). The van der Waals surface area contributed by atoms with Crippen LogP contribution < -0.4 is 15.4 Å². The van der Waals surface area contributed by atoms with Crippen LogP contribution in [-0.4, -0.2) is 50.1 Å². The van der Waals surface area contributed by atoms with E-state index in [0.29, 0.717) is 18.4 Å². The molecular weight excluding hydrogens is 515 g/mol. The van der Waals surface area contributed by atoms with E-state index >= 15 is 0 Å². The summed E-state index contributed by atoms with van der Waals surface area (Å²) in [6.07, 6.45) is 1.88. The molecule has 2 aromatic carbocycles. The SMILES string of the molecule is CCNC(=NCC(=O)N1CCc2ccccc2C1)NCCC(C)c1ccc(OC)cc1.I. The van der Waals surface area contributed by atoms with Gasteiger partial charge in [0.1, 0.15) is 12.3 Å². The van der Waals surface area contributed by atoms with Crippen molar-refractivity contribution in [3.63, 3.8) is 0 Å². The molecule has 0 aromatic heterocycles. The fraction of sp³-hybridized carbons (Fsp3) is 0.440. The smallest absolute Gasteiger partial charge is 0.244 e. The third kappa shape index (κ3) is 7.39. The lowest BCUT2D eigenvalue weighted by Gasteiger charge is -2.28. The number of methoxy groups -OCH3 is 1. The maximum absolute atomic E-state index is 12.7. The lowest BCUT2D eigenvalue weighted by Crippen LogP contribution is -2.41. The van der Waals surface area contributed by atoms with Gasteiger partial charge in [0, 0.05) is 26.2 Å². The van der Waals surface area contributed by atoms with Gasteiger partial charge in [-0.2, -0.15) is 0 Å². The summed E-state index contributed by atoms with van der Waals surface area (Å²) in [6.45, 7) is 7.37. The van der Waals surface area contributed by atoms with E-state index in [0.717, 1.165) is 38.2 Å². The summed E-state index contributed by atoms with van der Waals surface area (Å²) in [5, 5.41) is 6.60. The van der Waals surface area contributed by atoms with Crippen LogP contribution >= 0.6 is 24.0 Å². The van der Waals surface area contributed by atoms with Crippen LogP contribution in [-0.2, 0) is 17.8 Å². The van der Waals surface area contributed by atoms with E-state index in [1.165, 1.54) is 16.7 Å². The molecule has 1 amide bonds.